The van der Waals surface area contributed by atoms with Gasteiger partial charge in [-0.05, 0) is 71.3 Å². The Morgan fingerprint density at radius 1 is 0.674 bits per heavy atom. The number of anilines is 1. The first-order chi connectivity index (χ1) is 22.3. The van der Waals surface area contributed by atoms with E-state index in [4.69, 9.17) is 9.73 Å². The zero-order valence-corrected chi connectivity index (χ0v) is 27.6. The number of fused-ring (bicyclic) bond motifs is 3. The molecular formula is C41H42N4O. The Morgan fingerprint density at radius 2 is 1.37 bits per heavy atom. The third-order valence-corrected chi connectivity index (χ3v) is 9.15. The number of hydrogen-bond donors (Lipinski definition) is 0. The first kappa shape index (κ1) is 29.8. The number of hydrogen-bond acceptors (Lipinski definition) is 4. The smallest absolute Gasteiger partial charge is 0.137 e. The van der Waals surface area contributed by atoms with Gasteiger partial charge in [0.2, 0.25) is 0 Å². The average molecular weight is 607 g/mol. The number of aliphatic imine (C=N–C) groups is 1. The van der Waals surface area contributed by atoms with E-state index < -0.39 is 0 Å². The Bertz CT molecular complexity index is 2030. The molecule has 2 aromatic heterocycles. The van der Waals surface area contributed by atoms with Crippen LogP contribution in [0.2, 0.25) is 0 Å². The van der Waals surface area contributed by atoms with Crippen molar-refractivity contribution in [2.45, 2.75) is 59.4 Å². The van der Waals surface area contributed by atoms with Gasteiger partial charge in [-0.3, -0.25) is 9.56 Å². The van der Waals surface area contributed by atoms with Crippen molar-refractivity contribution in [3.8, 4) is 17.3 Å². The number of benzene rings is 4. The molecule has 6 aromatic rings. The highest BCUT2D eigenvalue weighted by Crippen LogP contribution is 2.40. The minimum atomic E-state index is 0.218. The molecule has 0 radical (unpaired) electrons. The van der Waals surface area contributed by atoms with Crippen molar-refractivity contribution in [2.75, 3.05) is 11.4 Å². The zero-order chi connectivity index (χ0) is 31.9. The fraction of sp³-hybridized carbons (Fsp3) is 0.268. The fourth-order valence-electron chi connectivity index (χ4n) is 6.73. The van der Waals surface area contributed by atoms with E-state index in [-0.39, 0.29) is 6.04 Å². The van der Waals surface area contributed by atoms with Crippen LogP contribution >= 0.6 is 0 Å². The number of ether oxygens (including phenoxy) is 1. The first-order valence-corrected chi connectivity index (χ1v) is 16.5. The van der Waals surface area contributed by atoms with Crippen LogP contribution < -0.4 is 9.64 Å². The molecule has 0 bridgehead atoms. The van der Waals surface area contributed by atoms with Crippen LogP contribution in [0.25, 0.3) is 27.6 Å². The summed E-state index contributed by atoms with van der Waals surface area (Å²) in [5.74, 6) is 4.71. The molecule has 4 aromatic carbocycles. The molecule has 1 aliphatic rings. The molecular weight excluding hydrogens is 564 g/mol. The van der Waals surface area contributed by atoms with Crippen LogP contribution in [0.4, 0.5) is 5.69 Å². The van der Waals surface area contributed by atoms with Crippen molar-refractivity contribution in [2.24, 2.45) is 10.9 Å². The lowest BCUT2D eigenvalue weighted by atomic mass is 9.91. The summed E-state index contributed by atoms with van der Waals surface area (Å²) >= 11 is 0. The van der Waals surface area contributed by atoms with E-state index in [1.165, 1.54) is 27.6 Å². The molecule has 0 fully saturated rings. The average Bonchev–Trinajstić information content (AvgIpc) is 3.65. The van der Waals surface area contributed by atoms with Gasteiger partial charge in [0, 0.05) is 40.8 Å². The number of pyridine rings is 1. The van der Waals surface area contributed by atoms with Gasteiger partial charge in [0.05, 0.1) is 17.1 Å². The standard InChI is InChI=1S/C41H42N4O/c1-26(2)32-16-12-17-33(27(3)4)40(32)44-25-36(28(5)6)43-41(44)29-13-11-14-30(23-29)46-31-20-21-35-34-15-7-8-18-37(34)45(38(35)24-31)39-19-9-10-22-42-39/h7-24,26-28,36H,25H2,1-6H3/t36-/m1/s1. The van der Waals surface area contributed by atoms with Crippen LogP contribution in [0.5, 0.6) is 11.5 Å². The van der Waals surface area contributed by atoms with Gasteiger partial charge in [-0.25, -0.2) is 4.98 Å². The molecule has 0 amide bonds. The van der Waals surface area contributed by atoms with Crippen molar-refractivity contribution < 1.29 is 4.74 Å². The van der Waals surface area contributed by atoms with Crippen molar-refractivity contribution in [1.29, 1.82) is 0 Å². The topological polar surface area (TPSA) is 42.6 Å². The fourth-order valence-corrected chi connectivity index (χ4v) is 6.73. The summed E-state index contributed by atoms with van der Waals surface area (Å²) < 4.78 is 8.82. The van der Waals surface area contributed by atoms with Gasteiger partial charge >= 0.3 is 0 Å². The molecule has 0 aliphatic carbocycles. The summed E-state index contributed by atoms with van der Waals surface area (Å²) in [7, 11) is 0. The van der Waals surface area contributed by atoms with E-state index in [9.17, 15) is 0 Å². The maximum absolute atomic E-state index is 6.61. The van der Waals surface area contributed by atoms with Gasteiger partial charge in [0.25, 0.3) is 0 Å². The van der Waals surface area contributed by atoms with Crippen LogP contribution in [0.1, 0.15) is 70.1 Å². The molecule has 0 unspecified atom stereocenters. The number of nitrogens with zero attached hydrogens (tertiary/aromatic N) is 4. The Kier molecular flexibility index (Phi) is 7.85. The lowest BCUT2D eigenvalue weighted by Gasteiger charge is -2.30. The highest BCUT2D eigenvalue weighted by Gasteiger charge is 2.32. The summed E-state index contributed by atoms with van der Waals surface area (Å²) in [4.78, 5) is 12.5. The quantitative estimate of drug-likeness (QED) is 0.173. The largest absolute Gasteiger partial charge is 0.457 e. The number of amidine groups is 1. The van der Waals surface area contributed by atoms with E-state index in [2.05, 4.69) is 135 Å². The lowest BCUT2D eigenvalue weighted by Crippen LogP contribution is -2.33. The van der Waals surface area contributed by atoms with Crippen molar-refractivity contribution in [3.05, 3.63) is 126 Å². The Morgan fingerprint density at radius 3 is 2.09 bits per heavy atom. The lowest BCUT2D eigenvalue weighted by molar-refractivity contribution is 0.483. The molecule has 0 spiro atoms. The second-order valence-electron chi connectivity index (χ2n) is 13.3. The Hall–Kier alpha value is -4.90. The van der Waals surface area contributed by atoms with Gasteiger partial charge in [0.1, 0.15) is 23.2 Å². The molecule has 5 nitrogen and oxygen atoms in total. The summed E-state index contributed by atoms with van der Waals surface area (Å²) in [6.07, 6.45) is 1.84. The van der Waals surface area contributed by atoms with E-state index in [0.29, 0.717) is 17.8 Å². The summed E-state index contributed by atoms with van der Waals surface area (Å²) in [5.41, 5.74) is 7.30. The minimum Gasteiger partial charge on any atom is -0.457 e. The van der Waals surface area contributed by atoms with Crippen LogP contribution in [-0.2, 0) is 0 Å². The van der Waals surface area contributed by atoms with Crippen LogP contribution in [0.3, 0.4) is 0 Å². The van der Waals surface area contributed by atoms with Crippen molar-refractivity contribution >= 4 is 33.3 Å². The van der Waals surface area contributed by atoms with E-state index in [0.717, 1.165) is 46.3 Å². The molecule has 3 heterocycles. The second-order valence-corrected chi connectivity index (χ2v) is 13.3. The van der Waals surface area contributed by atoms with Crippen LogP contribution in [-0.4, -0.2) is 28.0 Å². The van der Waals surface area contributed by atoms with E-state index >= 15 is 0 Å². The highest BCUT2D eigenvalue weighted by molar-refractivity contribution is 6.12. The first-order valence-electron chi connectivity index (χ1n) is 16.5. The molecule has 5 heteroatoms. The van der Waals surface area contributed by atoms with Gasteiger partial charge in [-0.2, -0.15) is 0 Å². The maximum atomic E-state index is 6.61. The van der Waals surface area contributed by atoms with E-state index in [1.807, 2.05) is 30.5 Å². The van der Waals surface area contributed by atoms with Crippen LogP contribution in [0.15, 0.2) is 114 Å². The molecule has 1 aliphatic heterocycles. The molecule has 232 valence electrons. The molecule has 7 rings (SSSR count). The molecule has 0 N–H and O–H groups in total. The maximum Gasteiger partial charge on any atom is 0.137 e. The van der Waals surface area contributed by atoms with Gasteiger partial charge in [-0.1, -0.05) is 96.1 Å². The predicted octanol–water partition coefficient (Wildman–Crippen LogP) is 10.5. The molecule has 0 saturated heterocycles. The summed E-state index contributed by atoms with van der Waals surface area (Å²) in [6, 6.07) is 36.2. The second kappa shape index (κ2) is 12.1. The molecule has 0 saturated carbocycles. The predicted molar refractivity (Wildman–Crippen MR) is 192 cm³/mol. The third kappa shape index (κ3) is 5.34. The summed E-state index contributed by atoms with van der Waals surface area (Å²) in [6.45, 7) is 14.6. The Labute approximate surface area is 272 Å². The van der Waals surface area contributed by atoms with Gasteiger partial charge < -0.3 is 9.64 Å². The third-order valence-electron chi connectivity index (χ3n) is 9.15. The van der Waals surface area contributed by atoms with Gasteiger partial charge in [-0.15, -0.1) is 0 Å². The number of rotatable bonds is 8. The SMILES string of the molecule is CC(C)c1cccc(C(C)C)c1N1C[C@H](C(C)C)N=C1c1cccc(Oc2ccc3c4ccccc4n(-c4ccccn4)c3c2)c1. The van der Waals surface area contributed by atoms with Crippen molar-refractivity contribution in [3.63, 3.8) is 0 Å². The monoisotopic (exact) mass is 606 g/mol. The minimum absolute atomic E-state index is 0.218. The summed E-state index contributed by atoms with van der Waals surface area (Å²) in [5, 5.41) is 2.36. The zero-order valence-electron chi connectivity index (χ0n) is 27.6. The molecule has 46 heavy (non-hydrogen) atoms. The van der Waals surface area contributed by atoms with Gasteiger partial charge in [0.15, 0.2) is 0 Å². The van der Waals surface area contributed by atoms with Crippen molar-refractivity contribution in [1.82, 2.24) is 9.55 Å². The number of aromatic nitrogens is 2. The van der Waals surface area contributed by atoms with E-state index in [1.54, 1.807) is 0 Å². The molecule has 1 atom stereocenters. The number of para-hydroxylation sites is 2. The normalized spacial score (nSPS) is 15.1. The Balaban J connectivity index is 1.29. The van der Waals surface area contributed by atoms with Crippen LogP contribution in [0, 0.1) is 5.92 Å². The highest BCUT2D eigenvalue weighted by atomic mass is 16.5.